The molecule has 0 saturated heterocycles. The molecular weight excluding hydrogens is 192 g/mol. The van der Waals surface area contributed by atoms with E-state index in [0.717, 1.165) is 0 Å². The van der Waals surface area contributed by atoms with Crippen molar-refractivity contribution in [1.82, 2.24) is 0 Å². The van der Waals surface area contributed by atoms with Crippen molar-refractivity contribution < 1.29 is 15.0 Å². The summed E-state index contributed by atoms with van der Waals surface area (Å²) in [6, 6.07) is 4.28. The Morgan fingerprint density at radius 2 is 2.08 bits per heavy atom. The van der Waals surface area contributed by atoms with Gasteiger partial charge in [-0.05, 0) is 30.7 Å². The first-order valence-corrected chi connectivity index (χ1v) is 4.11. The fourth-order valence-electron chi connectivity index (χ4n) is 0.989. The first-order valence-electron chi connectivity index (χ1n) is 3.73. The molecule has 70 valence electrons. The molecule has 1 unspecified atom stereocenters. The van der Waals surface area contributed by atoms with Gasteiger partial charge in [-0.2, -0.15) is 0 Å². The third-order valence-corrected chi connectivity index (χ3v) is 1.99. The molecule has 0 amide bonds. The Hall–Kier alpha value is -1.22. The number of hydrogen-bond acceptors (Lipinski definition) is 2. The lowest BCUT2D eigenvalue weighted by molar-refractivity contribution is -0.138. The van der Waals surface area contributed by atoms with Gasteiger partial charge in [0, 0.05) is 5.02 Å². The van der Waals surface area contributed by atoms with Crippen LogP contribution in [0.1, 0.15) is 18.4 Å². The van der Waals surface area contributed by atoms with Crippen molar-refractivity contribution in [3.05, 3.63) is 28.8 Å². The minimum atomic E-state index is -0.943. The summed E-state index contributed by atoms with van der Waals surface area (Å²) in [5.41, 5.74) is 0.498. The fraction of sp³-hybridized carbons (Fsp3) is 0.222. The molecule has 0 aliphatic heterocycles. The van der Waals surface area contributed by atoms with Crippen LogP contribution in [0, 0.1) is 0 Å². The highest BCUT2D eigenvalue weighted by Crippen LogP contribution is 2.25. The zero-order chi connectivity index (χ0) is 10.0. The second kappa shape index (κ2) is 3.66. The van der Waals surface area contributed by atoms with E-state index in [9.17, 15) is 4.79 Å². The number of phenolic OH excluding ortho intramolecular Hbond substituents is 1. The second-order valence-electron chi connectivity index (χ2n) is 2.80. The van der Waals surface area contributed by atoms with Gasteiger partial charge in [0.25, 0.3) is 0 Å². The van der Waals surface area contributed by atoms with E-state index in [1.807, 2.05) is 0 Å². The molecule has 1 aromatic carbocycles. The number of benzene rings is 1. The zero-order valence-electron chi connectivity index (χ0n) is 6.99. The molecule has 0 aromatic heterocycles. The van der Waals surface area contributed by atoms with E-state index in [1.54, 1.807) is 0 Å². The van der Waals surface area contributed by atoms with Crippen LogP contribution < -0.4 is 0 Å². The van der Waals surface area contributed by atoms with Gasteiger partial charge in [-0.15, -0.1) is 0 Å². The van der Waals surface area contributed by atoms with Crippen molar-refractivity contribution in [1.29, 1.82) is 0 Å². The number of carbonyl (C=O) groups is 1. The maximum Gasteiger partial charge on any atom is 0.310 e. The third-order valence-electron chi connectivity index (χ3n) is 1.78. The molecule has 0 aliphatic rings. The van der Waals surface area contributed by atoms with Crippen LogP contribution in [-0.2, 0) is 4.79 Å². The van der Waals surface area contributed by atoms with Crippen molar-refractivity contribution in [2.45, 2.75) is 12.8 Å². The van der Waals surface area contributed by atoms with Crippen molar-refractivity contribution in [3.63, 3.8) is 0 Å². The second-order valence-corrected chi connectivity index (χ2v) is 3.24. The summed E-state index contributed by atoms with van der Waals surface area (Å²) in [7, 11) is 0. The van der Waals surface area contributed by atoms with E-state index in [1.165, 1.54) is 25.1 Å². The molecule has 0 aliphatic carbocycles. The SMILES string of the molecule is CC(C(=O)O)c1cc(O)cc(Cl)c1. The highest BCUT2D eigenvalue weighted by Gasteiger charge is 2.14. The standard InChI is InChI=1S/C9H9ClO3/c1-5(9(12)13)6-2-7(10)4-8(11)3-6/h2-5,11H,1H3,(H,12,13). The molecule has 13 heavy (non-hydrogen) atoms. The zero-order valence-corrected chi connectivity index (χ0v) is 7.75. The minimum Gasteiger partial charge on any atom is -0.508 e. The van der Waals surface area contributed by atoms with Crippen molar-refractivity contribution >= 4 is 17.6 Å². The monoisotopic (exact) mass is 200 g/mol. The minimum absolute atomic E-state index is 0.0180. The van der Waals surface area contributed by atoms with E-state index in [2.05, 4.69) is 0 Å². The van der Waals surface area contributed by atoms with Gasteiger partial charge in [-0.1, -0.05) is 11.6 Å². The summed E-state index contributed by atoms with van der Waals surface area (Å²) in [4.78, 5) is 10.6. The summed E-state index contributed by atoms with van der Waals surface area (Å²) >= 11 is 5.65. The average Bonchev–Trinajstić information content (AvgIpc) is 2.01. The molecule has 0 fully saturated rings. The van der Waals surface area contributed by atoms with Gasteiger partial charge in [-0.3, -0.25) is 4.79 Å². The Morgan fingerprint density at radius 1 is 1.46 bits per heavy atom. The van der Waals surface area contributed by atoms with E-state index in [4.69, 9.17) is 21.8 Å². The quantitative estimate of drug-likeness (QED) is 0.770. The Labute approximate surface area is 80.6 Å². The number of halogens is 1. The summed E-state index contributed by atoms with van der Waals surface area (Å²) in [6.07, 6.45) is 0. The molecule has 3 nitrogen and oxygen atoms in total. The number of aromatic hydroxyl groups is 1. The van der Waals surface area contributed by atoms with Crippen LogP contribution in [0.4, 0.5) is 0 Å². The van der Waals surface area contributed by atoms with Crippen molar-refractivity contribution in [2.75, 3.05) is 0 Å². The van der Waals surface area contributed by atoms with E-state index in [0.29, 0.717) is 10.6 Å². The maximum absolute atomic E-state index is 10.6. The molecule has 0 saturated carbocycles. The highest BCUT2D eigenvalue weighted by molar-refractivity contribution is 6.30. The lowest BCUT2D eigenvalue weighted by atomic mass is 10.0. The molecule has 0 spiro atoms. The Bertz CT molecular complexity index is 315. The molecule has 1 rings (SSSR count). The van der Waals surface area contributed by atoms with Crippen LogP contribution in [-0.4, -0.2) is 16.2 Å². The number of phenols is 1. The molecule has 0 radical (unpaired) electrons. The molecule has 0 heterocycles. The van der Waals surface area contributed by atoms with Gasteiger partial charge in [0.1, 0.15) is 5.75 Å². The van der Waals surface area contributed by atoms with Crippen LogP contribution in [0.3, 0.4) is 0 Å². The molecule has 0 bridgehead atoms. The lowest BCUT2D eigenvalue weighted by Crippen LogP contribution is -2.06. The first kappa shape index (κ1) is 9.86. The number of carboxylic acids is 1. The Balaban J connectivity index is 3.07. The topological polar surface area (TPSA) is 57.5 Å². The smallest absolute Gasteiger partial charge is 0.310 e. The van der Waals surface area contributed by atoms with Gasteiger partial charge in [0.2, 0.25) is 0 Å². The van der Waals surface area contributed by atoms with Gasteiger partial charge in [-0.25, -0.2) is 0 Å². The van der Waals surface area contributed by atoms with Gasteiger partial charge >= 0.3 is 5.97 Å². The van der Waals surface area contributed by atoms with Crippen molar-refractivity contribution in [2.24, 2.45) is 0 Å². The molecule has 1 atom stereocenters. The number of hydrogen-bond donors (Lipinski definition) is 2. The first-order chi connectivity index (χ1) is 6.00. The van der Waals surface area contributed by atoms with Crippen LogP contribution >= 0.6 is 11.6 Å². The third kappa shape index (κ3) is 2.36. The van der Waals surface area contributed by atoms with Gasteiger partial charge < -0.3 is 10.2 Å². The lowest BCUT2D eigenvalue weighted by Gasteiger charge is -2.07. The maximum atomic E-state index is 10.6. The Kier molecular flexibility index (Phi) is 2.78. The fourth-order valence-corrected chi connectivity index (χ4v) is 1.23. The molecule has 4 heteroatoms. The van der Waals surface area contributed by atoms with Gasteiger partial charge in [0.15, 0.2) is 0 Å². The molecule has 1 aromatic rings. The number of rotatable bonds is 2. The molecular formula is C9H9ClO3. The van der Waals surface area contributed by atoms with E-state index >= 15 is 0 Å². The van der Waals surface area contributed by atoms with E-state index < -0.39 is 11.9 Å². The predicted molar refractivity (Wildman–Crippen MR) is 49.2 cm³/mol. The summed E-state index contributed by atoms with van der Waals surface area (Å²) < 4.78 is 0. The average molecular weight is 201 g/mol. The predicted octanol–water partition coefficient (Wildman–Crippen LogP) is 2.23. The van der Waals surface area contributed by atoms with Gasteiger partial charge in [0.05, 0.1) is 5.92 Å². The van der Waals surface area contributed by atoms with Crippen LogP contribution in [0.25, 0.3) is 0 Å². The largest absolute Gasteiger partial charge is 0.508 e. The number of aliphatic carboxylic acids is 1. The highest BCUT2D eigenvalue weighted by atomic mass is 35.5. The normalized spacial score (nSPS) is 12.5. The Morgan fingerprint density at radius 3 is 2.54 bits per heavy atom. The summed E-state index contributed by atoms with van der Waals surface area (Å²) in [5, 5.41) is 18.2. The summed E-state index contributed by atoms with van der Waals surface area (Å²) in [6.45, 7) is 1.54. The number of carboxylic acid groups (broad SMARTS) is 1. The van der Waals surface area contributed by atoms with Crippen LogP contribution in [0.15, 0.2) is 18.2 Å². The van der Waals surface area contributed by atoms with Crippen molar-refractivity contribution in [3.8, 4) is 5.75 Å². The van der Waals surface area contributed by atoms with Crippen LogP contribution in [0.2, 0.25) is 5.02 Å². The molecule has 2 N–H and O–H groups in total. The van der Waals surface area contributed by atoms with Crippen LogP contribution in [0.5, 0.6) is 5.75 Å². The summed E-state index contributed by atoms with van der Waals surface area (Å²) in [5.74, 6) is -1.62. The van der Waals surface area contributed by atoms with E-state index in [-0.39, 0.29) is 5.75 Å².